The molecule has 0 bridgehead atoms. The molecule has 0 aromatic heterocycles. The Morgan fingerprint density at radius 3 is 2.86 bits per heavy atom. The van der Waals surface area contributed by atoms with Gasteiger partial charge < -0.3 is 10.2 Å². The average Bonchev–Trinajstić information content (AvgIpc) is 2.43. The second-order valence-corrected chi connectivity index (χ2v) is 8.21. The van der Waals surface area contributed by atoms with E-state index in [1.54, 1.807) is 12.1 Å². The van der Waals surface area contributed by atoms with Gasteiger partial charge in [0.1, 0.15) is 5.82 Å². The molecule has 0 spiro atoms. The van der Waals surface area contributed by atoms with E-state index in [1.165, 1.54) is 5.69 Å². The topological polar surface area (TPSA) is 15.3 Å². The highest BCUT2D eigenvalue weighted by atomic mass is 32.2. The summed E-state index contributed by atoms with van der Waals surface area (Å²) in [6.07, 6.45) is 1.09. The van der Waals surface area contributed by atoms with Crippen LogP contribution < -0.4 is 10.2 Å². The largest absolute Gasteiger partial charge is 0.369 e. The Hall–Kier alpha value is -0.740. The molecule has 1 aliphatic heterocycles. The maximum atomic E-state index is 13.7. The van der Waals surface area contributed by atoms with Crippen LogP contribution in [-0.4, -0.2) is 30.1 Å². The highest BCUT2D eigenvalue weighted by Crippen LogP contribution is 2.35. The Bertz CT molecular complexity index is 476. The Morgan fingerprint density at radius 1 is 1.43 bits per heavy atom. The molecule has 1 fully saturated rings. The number of benzene rings is 1. The van der Waals surface area contributed by atoms with E-state index >= 15 is 0 Å². The van der Waals surface area contributed by atoms with Crippen molar-refractivity contribution in [3.05, 3.63) is 29.6 Å². The molecule has 1 atom stereocenters. The molecular formula is C17H27FN2S. The van der Waals surface area contributed by atoms with Crippen LogP contribution in [0.3, 0.4) is 0 Å². The molecule has 1 aromatic carbocycles. The summed E-state index contributed by atoms with van der Waals surface area (Å²) in [6, 6.07) is 5.40. The van der Waals surface area contributed by atoms with E-state index in [9.17, 15) is 4.39 Å². The first-order valence-corrected chi connectivity index (χ1v) is 8.83. The van der Waals surface area contributed by atoms with E-state index in [4.69, 9.17) is 0 Å². The number of hydrogen-bond donors (Lipinski definition) is 1. The maximum absolute atomic E-state index is 13.7. The molecule has 1 aliphatic rings. The van der Waals surface area contributed by atoms with Crippen LogP contribution in [0, 0.1) is 5.82 Å². The first-order valence-electron chi connectivity index (χ1n) is 7.84. The lowest BCUT2D eigenvalue weighted by Crippen LogP contribution is -2.43. The van der Waals surface area contributed by atoms with Crippen LogP contribution >= 0.6 is 11.8 Å². The number of nitrogens with one attached hydrogen (secondary N) is 1. The van der Waals surface area contributed by atoms with E-state index in [1.807, 2.05) is 17.8 Å². The van der Waals surface area contributed by atoms with Gasteiger partial charge in [-0.1, -0.05) is 6.92 Å². The minimum absolute atomic E-state index is 0.149. The summed E-state index contributed by atoms with van der Waals surface area (Å²) in [6.45, 7) is 11.8. The summed E-state index contributed by atoms with van der Waals surface area (Å²) in [4.78, 5) is 2.41. The normalized spacial score (nSPS) is 19.6. The molecule has 0 amide bonds. The van der Waals surface area contributed by atoms with Crippen LogP contribution in [-0.2, 0) is 0 Å². The summed E-state index contributed by atoms with van der Waals surface area (Å²) < 4.78 is 14.0. The fraction of sp³-hybridized carbons (Fsp3) is 0.647. The van der Waals surface area contributed by atoms with E-state index in [2.05, 4.69) is 37.9 Å². The zero-order chi connectivity index (χ0) is 15.5. The first-order chi connectivity index (χ1) is 9.93. The van der Waals surface area contributed by atoms with Gasteiger partial charge in [-0.05, 0) is 57.5 Å². The molecule has 4 heteroatoms. The summed E-state index contributed by atoms with van der Waals surface area (Å²) in [7, 11) is 0. The molecule has 1 saturated heterocycles. The van der Waals surface area contributed by atoms with Gasteiger partial charge in [-0.25, -0.2) is 4.39 Å². The standard InChI is InChI=1S/C17H27FN2S/c1-5-8-19-13(2)15-11-14(18)6-7-16(15)20-9-10-21-17(3,4)12-20/h6-7,11,13,19H,5,8-10,12H2,1-4H3. The molecule has 0 radical (unpaired) electrons. The van der Waals surface area contributed by atoms with Gasteiger partial charge in [-0.3, -0.25) is 0 Å². The molecule has 21 heavy (non-hydrogen) atoms. The SMILES string of the molecule is CCCNC(C)c1cc(F)ccc1N1CCSC(C)(C)C1. The van der Waals surface area contributed by atoms with Gasteiger partial charge in [0.2, 0.25) is 0 Å². The number of rotatable bonds is 5. The van der Waals surface area contributed by atoms with Gasteiger partial charge in [0.15, 0.2) is 0 Å². The first kappa shape index (κ1) is 16.6. The quantitative estimate of drug-likeness (QED) is 0.876. The second-order valence-electron chi connectivity index (χ2n) is 6.41. The van der Waals surface area contributed by atoms with Crippen LogP contribution in [0.2, 0.25) is 0 Å². The van der Waals surface area contributed by atoms with Gasteiger partial charge in [0, 0.05) is 35.3 Å². The Kier molecular flexibility index (Phi) is 5.55. The number of thioether (sulfide) groups is 1. The average molecular weight is 310 g/mol. The number of halogens is 1. The highest BCUT2D eigenvalue weighted by Gasteiger charge is 2.28. The van der Waals surface area contributed by atoms with Crippen LogP contribution in [0.5, 0.6) is 0 Å². The fourth-order valence-corrected chi connectivity index (χ4v) is 3.96. The highest BCUT2D eigenvalue weighted by molar-refractivity contribution is 8.00. The third-order valence-electron chi connectivity index (χ3n) is 3.92. The van der Waals surface area contributed by atoms with Gasteiger partial charge in [-0.15, -0.1) is 0 Å². The van der Waals surface area contributed by atoms with E-state index in [-0.39, 0.29) is 16.6 Å². The van der Waals surface area contributed by atoms with Crippen molar-refractivity contribution in [1.29, 1.82) is 0 Å². The van der Waals surface area contributed by atoms with E-state index in [0.717, 1.165) is 37.4 Å². The van der Waals surface area contributed by atoms with Crippen molar-refractivity contribution < 1.29 is 4.39 Å². The minimum Gasteiger partial charge on any atom is -0.369 e. The summed E-state index contributed by atoms with van der Waals surface area (Å²) >= 11 is 2.02. The van der Waals surface area contributed by atoms with Gasteiger partial charge >= 0.3 is 0 Å². The van der Waals surface area contributed by atoms with Crippen LogP contribution in [0.25, 0.3) is 0 Å². The number of hydrogen-bond acceptors (Lipinski definition) is 3. The molecular weight excluding hydrogens is 283 g/mol. The molecule has 1 unspecified atom stereocenters. The van der Waals surface area contributed by atoms with Crippen LogP contribution in [0.1, 0.15) is 45.7 Å². The molecule has 1 aromatic rings. The lowest BCUT2D eigenvalue weighted by atomic mass is 10.0. The minimum atomic E-state index is -0.149. The van der Waals surface area contributed by atoms with Gasteiger partial charge in [-0.2, -0.15) is 11.8 Å². The molecule has 2 rings (SSSR count). The van der Waals surface area contributed by atoms with Crippen molar-refractivity contribution in [3.63, 3.8) is 0 Å². The Labute approximate surface area is 132 Å². The van der Waals surface area contributed by atoms with Crippen LogP contribution in [0.15, 0.2) is 18.2 Å². The molecule has 1 N–H and O–H groups in total. The zero-order valence-corrected chi connectivity index (χ0v) is 14.4. The zero-order valence-electron chi connectivity index (χ0n) is 13.6. The maximum Gasteiger partial charge on any atom is 0.123 e. The monoisotopic (exact) mass is 310 g/mol. The number of anilines is 1. The predicted octanol–water partition coefficient (Wildman–Crippen LogP) is 4.22. The summed E-state index contributed by atoms with van der Waals surface area (Å²) in [5.41, 5.74) is 2.26. The van der Waals surface area contributed by atoms with Crippen molar-refractivity contribution in [2.75, 3.05) is 30.3 Å². The lowest BCUT2D eigenvalue weighted by molar-refractivity contribution is 0.557. The van der Waals surface area contributed by atoms with E-state index < -0.39 is 0 Å². The molecule has 0 aliphatic carbocycles. The predicted molar refractivity (Wildman–Crippen MR) is 91.9 cm³/mol. The van der Waals surface area contributed by atoms with Crippen molar-refractivity contribution in [2.24, 2.45) is 0 Å². The summed E-state index contributed by atoms with van der Waals surface area (Å²) in [5, 5.41) is 3.48. The van der Waals surface area contributed by atoms with Crippen molar-refractivity contribution in [3.8, 4) is 0 Å². The molecule has 118 valence electrons. The lowest BCUT2D eigenvalue weighted by Gasteiger charge is -2.40. The smallest absolute Gasteiger partial charge is 0.123 e. The number of nitrogens with zero attached hydrogens (tertiary/aromatic N) is 1. The van der Waals surface area contributed by atoms with Crippen molar-refractivity contribution in [1.82, 2.24) is 5.32 Å². The van der Waals surface area contributed by atoms with Crippen molar-refractivity contribution >= 4 is 17.4 Å². The fourth-order valence-electron chi connectivity index (χ4n) is 2.85. The molecule has 1 heterocycles. The Morgan fingerprint density at radius 2 is 2.19 bits per heavy atom. The van der Waals surface area contributed by atoms with Gasteiger partial charge in [0.25, 0.3) is 0 Å². The Balaban J connectivity index is 2.25. The summed E-state index contributed by atoms with van der Waals surface area (Å²) in [5.74, 6) is 0.977. The second kappa shape index (κ2) is 7.01. The molecule has 2 nitrogen and oxygen atoms in total. The van der Waals surface area contributed by atoms with Crippen molar-refractivity contribution in [2.45, 2.75) is 44.9 Å². The third kappa shape index (κ3) is 4.36. The van der Waals surface area contributed by atoms with E-state index in [0.29, 0.717) is 0 Å². The van der Waals surface area contributed by atoms with Crippen LogP contribution in [0.4, 0.5) is 10.1 Å². The van der Waals surface area contributed by atoms with Gasteiger partial charge in [0.05, 0.1) is 0 Å². The molecule has 0 saturated carbocycles. The third-order valence-corrected chi connectivity index (χ3v) is 5.22.